The maximum absolute atomic E-state index is 10.6. The van der Waals surface area contributed by atoms with Crippen LogP contribution >= 0.6 is 15.9 Å². The Kier molecular flexibility index (Phi) is 6.26. The molecule has 5 heteroatoms. The van der Waals surface area contributed by atoms with Gasteiger partial charge in [0.05, 0.1) is 12.7 Å². The number of carboxylic acid groups (broad SMARTS) is 1. The van der Waals surface area contributed by atoms with Crippen LogP contribution in [0, 0.1) is 0 Å². The third-order valence-corrected chi connectivity index (χ3v) is 4.06. The van der Waals surface area contributed by atoms with Gasteiger partial charge in [0, 0.05) is 17.2 Å². The molecule has 114 valence electrons. The summed E-state index contributed by atoms with van der Waals surface area (Å²) < 4.78 is 12.1. The Morgan fingerprint density at radius 1 is 1.52 bits per heavy atom. The molecule has 0 saturated carbocycles. The average molecular weight is 355 g/mol. The maximum Gasteiger partial charge on any atom is 0.328 e. The Balaban J connectivity index is 1.82. The molecule has 0 aromatic heterocycles. The van der Waals surface area contributed by atoms with Crippen LogP contribution in [0.25, 0.3) is 6.08 Å². The minimum absolute atomic E-state index is 0.396. The summed E-state index contributed by atoms with van der Waals surface area (Å²) in [5.41, 5.74) is 0.786. The molecule has 21 heavy (non-hydrogen) atoms. The van der Waals surface area contributed by atoms with Crippen LogP contribution in [0.1, 0.15) is 31.2 Å². The van der Waals surface area contributed by atoms with Gasteiger partial charge < -0.3 is 14.6 Å². The zero-order chi connectivity index (χ0) is 15.1. The van der Waals surface area contributed by atoms with Gasteiger partial charge in [0.15, 0.2) is 0 Å². The predicted octanol–water partition coefficient (Wildman–Crippen LogP) is 3.88. The second-order valence-corrected chi connectivity index (χ2v) is 5.83. The largest absolute Gasteiger partial charge is 0.494 e. The molecule has 1 aliphatic rings. The van der Waals surface area contributed by atoms with Crippen LogP contribution in [0.15, 0.2) is 28.7 Å². The highest BCUT2D eigenvalue weighted by Crippen LogP contribution is 2.24. The smallest absolute Gasteiger partial charge is 0.328 e. The van der Waals surface area contributed by atoms with Crippen molar-refractivity contribution in [2.75, 3.05) is 13.2 Å². The summed E-state index contributed by atoms with van der Waals surface area (Å²) in [5, 5.41) is 8.67. The first-order valence-corrected chi connectivity index (χ1v) is 7.89. The monoisotopic (exact) mass is 354 g/mol. The standard InChI is InChI=1S/C16H19BrO4/c17-15-7-6-14(11-12(15)5-8-16(18)19)21-10-2-4-13-3-1-9-20-13/h5-8,11,13H,1-4,9-10H2,(H,18,19)/b8-5+. The molecule has 1 aliphatic heterocycles. The van der Waals surface area contributed by atoms with Gasteiger partial charge in [-0.2, -0.15) is 0 Å². The molecule has 2 rings (SSSR count). The van der Waals surface area contributed by atoms with E-state index in [2.05, 4.69) is 15.9 Å². The van der Waals surface area contributed by atoms with Crippen molar-refractivity contribution >= 4 is 28.0 Å². The molecular formula is C16H19BrO4. The quantitative estimate of drug-likeness (QED) is 0.596. The molecule has 0 spiro atoms. The summed E-state index contributed by atoms with van der Waals surface area (Å²) in [6, 6.07) is 5.56. The lowest BCUT2D eigenvalue weighted by Gasteiger charge is -2.11. The van der Waals surface area contributed by atoms with Gasteiger partial charge in [0.1, 0.15) is 5.75 Å². The fourth-order valence-corrected chi connectivity index (χ4v) is 2.65. The Bertz CT molecular complexity index is 507. The topological polar surface area (TPSA) is 55.8 Å². The van der Waals surface area contributed by atoms with E-state index < -0.39 is 5.97 Å². The zero-order valence-corrected chi connectivity index (χ0v) is 13.3. The first-order valence-electron chi connectivity index (χ1n) is 7.10. The summed E-state index contributed by atoms with van der Waals surface area (Å²) in [5.74, 6) is -0.222. The normalized spacial score (nSPS) is 18.2. The molecule has 1 atom stereocenters. The second kappa shape index (κ2) is 8.20. The van der Waals surface area contributed by atoms with E-state index >= 15 is 0 Å². The highest BCUT2D eigenvalue weighted by atomic mass is 79.9. The van der Waals surface area contributed by atoms with E-state index in [0.717, 1.165) is 54.2 Å². The van der Waals surface area contributed by atoms with Crippen molar-refractivity contribution in [3.63, 3.8) is 0 Å². The summed E-state index contributed by atoms with van der Waals surface area (Å²) in [6.07, 6.45) is 7.36. The van der Waals surface area contributed by atoms with Crippen molar-refractivity contribution in [3.8, 4) is 5.75 Å². The predicted molar refractivity (Wildman–Crippen MR) is 84.5 cm³/mol. The van der Waals surface area contributed by atoms with Gasteiger partial charge in [-0.15, -0.1) is 0 Å². The number of hydrogen-bond acceptors (Lipinski definition) is 3. The average Bonchev–Trinajstić information content (AvgIpc) is 2.97. The van der Waals surface area contributed by atoms with Gasteiger partial charge in [-0.05, 0) is 55.5 Å². The van der Waals surface area contributed by atoms with Crippen molar-refractivity contribution in [3.05, 3.63) is 34.3 Å². The Hall–Kier alpha value is -1.33. The van der Waals surface area contributed by atoms with Crippen LogP contribution < -0.4 is 4.74 Å². The minimum atomic E-state index is -0.968. The van der Waals surface area contributed by atoms with E-state index in [-0.39, 0.29) is 0 Å². The lowest BCUT2D eigenvalue weighted by molar-refractivity contribution is -0.131. The van der Waals surface area contributed by atoms with E-state index in [0.29, 0.717) is 12.7 Å². The zero-order valence-electron chi connectivity index (χ0n) is 11.8. The fourth-order valence-electron chi connectivity index (χ4n) is 2.27. The molecular weight excluding hydrogens is 336 g/mol. The highest BCUT2D eigenvalue weighted by Gasteiger charge is 2.14. The number of halogens is 1. The molecule has 1 fully saturated rings. The number of rotatable bonds is 7. The number of carboxylic acids is 1. The van der Waals surface area contributed by atoms with E-state index in [4.69, 9.17) is 14.6 Å². The first-order chi connectivity index (χ1) is 10.1. The molecule has 4 nitrogen and oxygen atoms in total. The third kappa shape index (κ3) is 5.52. The number of hydrogen-bond donors (Lipinski definition) is 1. The van der Waals surface area contributed by atoms with Crippen molar-refractivity contribution in [1.82, 2.24) is 0 Å². The van der Waals surface area contributed by atoms with E-state index in [1.54, 1.807) is 6.08 Å². The van der Waals surface area contributed by atoms with Gasteiger partial charge in [-0.1, -0.05) is 15.9 Å². The Morgan fingerprint density at radius 2 is 2.38 bits per heavy atom. The van der Waals surface area contributed by atoms with Gasteiger partial charge in [-0.25, -0.2) is 4.79 Å². The molecule has 1 heterocycles. The van der Waals surface area contributed by atoms with Crippen LogP contribution in [0.3, 0.4) is 0 Å². The molecule has 1 aromatic carbocycles. The molecule has 0 radical (unpaired) electrons. The molecule has 1 saturated heterocycles. The number of benzene rings is 1. The van der Waals surface area contributed by atoms with E-state index in [9.17, 15) is 4.79 Å². The third-order valence-electron chi connectivity index (χ3n) is 3.34. The van der Waals surface area contributed by atoms with Crippen LogP contribution in [0.2, 0.25) is 0 Å². The number of ether oxygens (including phenoxy) is 2. The summed E-state index contributed by atoms with van der Waals surface area (Å²) >= 11 is 3.39. The molecule has 0 bridgehead atoms. The summed E-state index contributed by atoms with van der Waals surface area (Å²) in [4.78, 5) is 10.6. The molecule has 1 aromatic rings. The van der Waals surface area contributed by atoms with Gasteiger partial charge in [0.2, 0.25) is 0 Å². The van der Waals surface area contributed by atoms with Crippen molar-refractivity contribution in [1.29, 1.82) is 0 Å². The van der Waals surface area contributed by atoms with Crippen molar-refractivity contribution in [2.24, 2.45) is 0 Å². The van der Waals surface area contributed by atoms with Crippen molar-refractivity contribution < 1.29 is 19.4 Å². The molecule has 0 amide bonds. The van der Waals surface area contributed by atoms with Crippen molar-refractivity contribution in [2.45, 2.75) is 31.8 Å². The van der Waals surface area contributed by atoms with Crippen LogP contribution in [0.5, 0.6) is 5.75 Å². The highest BCUT2D eigenvalue weighted by molar-refractivity contribution is 9.10. The molecule has 1 unspecified atom stereocenters. The fraction of sp³-hybridized carbons (Fsp3) is 0.438. The minimum Gasteiger partial charge on any atom is -0.494 e. The van der Waals surface area contributed by atoms with Gasteiger partial charge in [-0.3, -0.25) is 0 Å². The summed E-state index contributed by atoms with van der Waals surface area (Å²) in [7, 11) is 0. The molecule has 0 aliphatic carbocycles. The van der Waals surface area contributed by atoms with E-state index in [1.807, 2.05) is 18.2 Å². The number of aliphatic carboxylic acids is 1. The number of carbonyl (C=O) groups is 1. The lowest BCUT2D eigenvalue weighted by atomic mass is 10.1. The Morgan fingerprint density at radius 3 is 3.10 bits per heavy atom. The van der Waals surface area contributed by atoms with Gasteiger partial charge in [0.25, 0.3) is 0 Å². The molecule has 1 N–H and O–H groups in total. The SMILES string of the molecule is O=C(O)/C=C/c1cc(OCCCC2CCCO2)ccc1Br. The van der Waals surface area contributed by atoms with Crippen LogP contribution in [0.4, 0.5) is 0 Å². The second-order valence-electron chi connectivity index (χ2n) is 4.98. The van der Waals surface area contributed by atoms with E-state index in [1.165, 1.54) is 0 Å². The van der Waals surface area contributed by atoms with Crippen LogP contribution in [-0.2, 0) is 9.53 Å². The Labute approximate surface area is 132 Å². The maximum atomic E-state index is 10.6. The summed E-state index contributed by atoms with van der Waals surface area (Å²) in [6.45, 7) is 1.53. The first kappa shape index (κ1) is 16.0. The lowest BCUT2D eigenvalue weighted by Crippen LogP contribution is -2.07. The van der Waals surface area contributed by atoms with Crippen LogP contribution in [-0.4, -0.2) is 30.4 Å². The van der Waals surface area contributed by atoms with Gasteiger partial charge >= 0.3 is 5.97 Å².